The van der Waals surface area contributed by atoms with E-state index in [9.17, 15) is 0 Å². The van der Waals surface area contributed by atoms with Crippen molar-refractivity contribution in [3.63, 3.8) is 0 Å². The van der Waals surface area contributed by atoms with Crippen LogP contribution in [0.4, 0.5) is 0 Å². The standard InChI is InChI=1S/2C8H12.3ClH.Rh/c2*1-2-4-6-8-7-5-3-1;;;;/h2*1-4H,5-8H2;3*1H;/q;;;;;+3/p-3/b2*3-1-,4-2-;;;;. The summed E-state index contributed by atoms with van der Waals surface area (Å²) in [5.41, 5.74) is 0. The van der Waals surface area contributed by atoms with E-state index in [2.05, 4.69) is 48.6 Å². The Bertz CT molecular complexity index is 215. The van der Waals surface area contributed by atoms with Crippen molar-refractivity contribution >= 4 is 0 Å². The summed E-state index contributed by atoms with van der Waals surface area (Å²) in [5.74, 6) is 0. The number of halogens is 3. The Kier molecular flexibility index (Phi) is 35.0. The van der Waals surface area contributed by atoms with E-state index in [0.717, 1.165) is 0 Å². The molecule has 0 bridgehead atoms. The van der Waals surface area contributed by atoms with E-state index in [1.165, 1.54) is 51.4 Å². The molecule has 2 aliphatic carbocycles. The van der Waals surface area contributed by atoms with E-state index in [-0.39, 0.29) is 56.7 Å². The summed E-state index contributed by atoms with van der Waals surface area (Å²) in [5, 5.41) is 0. The van der Waals surface area contributed by atoms with Crippen LogP contribution in [-0.4, -0.2) is 0 Å². The molecule has 0 atom stereocenters. The fraction of sp³-hybridized carbons (Fsp3) is 0.500. The molecule has 0 fully saturated rings. The van der Waals surface area contributed by atoms with E-state index < -0.39 is 0 Å². The fourth-order valence-corrected chi connectivity index (χ4v) is 1.75. The second kappa shape index (κ2) is 24.5. The van der Waals surface area contributed by atoms with Gasteiger partial charge in [0.1, 0.15) is 0 Å². The topological polar surface area (TPSA) is 0 Å². The molecular weight excluding hydrogens is 401 g/mol. The van der Waals surface area contributed by atoms with Crippen LogP contribution in [0.2, 0.25) is 0 Å². The Balaban J connectivity index is -0.000000107. The number of hydrogen-bond donors (Lipinski definition) is 0. The molecule has 0 saturated heterocycles. The molecule has 2 aliphatic rings. The van der Waals surface area contributed by atoms with Gasteiger partial charge in [0.15, 0.2) is 0 Å². The molecule has 0 N–H and O–H groups in total. The Morgan fingerprint density at radius 1 is 0.400 bits per heavy atom. The molecule has 0 spiro atoms. The Morgan fingerprint density at radius 3 is 0.800 bits per heavy atom. The molecule has 0 amide bonds. The normalized spacial score (nSPS) is 22.4. The van der Waals surface area contributed by atoms with Gasteiger partial charge in [0.2, 0.25) is 0 Å². The summed E-state index contributed by atoms with van der Waals surface area (Å²) < 4.78 is 0. The predicted octanol–water partition coefficient (Wildman–Crippen LogP) is -3.64. The van der Waals surface area contributed by atoms with Crippen molar-refractivity contribution in [3.8, 4) is 0 Å². The van der Waals surface area contributed by atoms with Crippen LogP contribution in [0.3, 0.4) is 0 Å². The van der Waals surface area contributed by atoms with Crippen molar-refractivity contribution in [2.24, 2.45) is 0 Å². The third kappa shape index (κ3) is 20.8. The minimum absolute atomic E-state index is 0. The van der Waals surface area contributed by atoms with Gasteiger partial charge in [-0.05, 0) is 51.4 Å². The molecule has 118 valence electrons. The van der Waals surface area contributed by atoms with Crippen LogP contribution in [0, 0.1) is 0 Å². The SMILES string of the molecule is C1=C\CCCC\C=C/1.C1=C\CCCC\C=C/1.[Cl-].[Cl-].[Cl-].[Rh+3]. The van der Waals surface area contributed by atoms with E-state index in [0.29, 0.717) is 0 Å². The van der Waals surface area contributed by atoms with Crippen LogP contribution in [-0.2, 0) is 19.5 Å². The third-order valence-electron chi connectivity index (χ3n) is 2.75. The molecule has 0 nitrogen and oxygen atoms in total. The summed E-state index contributed by atoms with van der Waals surface area (Å²) in [4.78, 5) is 0. The monoisotopic (exact) mass is 424 g/mol. The first-order chi connectivity index (χ1) is 8.00. The van der Waals surface area contributed by atoms with Crippen molar-refractivity contribution in [3.05, 3.63) is 48.6 Å². The van der Waals surface area contributed by atoms with Crippen LogP contribution in [0.5, 0.6) is 0 Å². The van der Waals surface area contributed by atoms with Gasteiger partial charge < -0.3 is 37.2 Å². The number of allylic oxidation sites excluding steroid dienone is 8. The smallest absolute Gasteiger partial charge is 1.00 e. The average Bonchev–Trinajstić information content (AvgIpc) is 2.15. The van der Waals surface area contributed by atoms with Gasteiger partial charge in [0, 0.05) is 0 Å². The quantitative estimate of drug-likeness (QED) is 0.351. The van der Waals surface area contributed by atoms with Crippen LogP contribution >= 0.6 is 0 Å². The first-order valence-electron chi connectivity index (χ1n) is 6.63. The molecule has 2 rings (SSSR count). The second-order valence-electron chi connectivity index (χ2n) is 4.28. The Labute approximate surface area is 156 Å². The molecule has 0 unspecified atom stereocenters. The van der Waals surface area contributed by atoms with E-state index in [1.807, 2.05) is 0 Å². The van der Waals surface area contributed by atoms with Crippen LogP contribution < -0.4 is 37.2 Å². The molecule has 4 heteroatoms. The zero-order valence-corrected chi connectivity index (χ0v) is 15.6. The van der Waals surface area contributed by atoms with E-state index in [1.54, 1.807) is 0 Å². The zero-order valence-electron chi connectivity index (χ0n) is 11.7. The van der Waals surface area contributed by atoms with Crippen molar-refractivity contribution in [1.82, 2.24) is 0 Å². The van der Waals surface area contributed by atoms with E-state index >= 15 is 0 Å². The average molecular weight is 426 g/mol. The maximum Gasteiger partial charge on any atom is 3.00 e. The maximum absolute atomic E-state index is 2.23. The molecule has 0 radical (unpaired) electrons. The minimum atomic E-state index is 0. The molecule has 0 saturated carbocycles. The number of hydrogen-bond acceptors (Lipinski definition) is 0. The van der Waals surface area contributed by atoms with Gasteiger partial charge in [0.25, 0.3) is 0 Å². The van der Waals surface area contributed by atoms with Gasteiger partial charge in [0.05, 0.1) is 0 Å². The molecule has 0 aromatic rings. The first-order valence-corrected chi connectivity index (χ1v) is 6.63. The van der Waals surface area contributed by atoms with E-state index in [4.69, 9.17) is 0 Å². The van der Waals surface area contributed by atoms with Gasteiger partial charge in [-0.15, -0.1) is 0 Å². The van der Waals surface area contributed by atoms with Gasteiger partial charge in [-0.25, -0.2) is 0 Å². The molecule has 0 aromatic carbocycles. The zero-order chi connectivity index (χ0) is 11.3. The predicted molar refractivity (Wildman–Crippen MR) is 73.5 cm³/mol. The summed E-state index contributed by atoms with van der Waals surface area (Å²) >= 11 is 0. The van der Waals surface area contributed by atoms with Gasteiger partial charge >= 0.3 is 19.5 Å². The molecule has 0 aliphatic heterocycles. The molecule has 20 heavy (non-hydrogen) atoms. The van der Waals surface area contributed by atoms with Crippen LogP contribution in [0.1, 0.15) is 51.4 Å². The molecular formula is C16H24Cl3Rh. The first kappa shape index (κ1) is 28.6. The summed E-state index contributed by atoms with van der Waals surface area (Å²) in [6, 6.07) is 0. The van der Waals surface area contributed by atoms with Gasteiger partial charge in [-0.3, -0.25) is 0 Å². The maximum atomic E-state index is 2.23. The third-order valence-corrected chi connectivity index (χ3v) is 2.75. The van der Waals surface area contributed by atoms with Crippen molar-refractivity contribution < 1.29 is 56.7 Å². The summed E-state index contributed by atoms with van der Waals surface area (Å²) in [6.07, 6.45) is 28.0. The Morgan fingerprint density at radius 2 is 0.600 bits per heavy atom. The summed E-state index contributed by atoms with van der Waals surface area (Å²) in [7, 11) is 0. The van der Waals surface area contributed by atoms with Crippen molar-refractivity contribution in [1.29, 1.82) is 0 Å². The van der Waals surface area contributed by atoms with Gasteiger partial charge in [-0.2, -0.15) is 0 Å². The van der Waals surface area contributed by atoms with Crippen molar-refractivity contribution in [2.75, 3.05) is 0 Å². The fourth-order valence-electron chi connectivity index (χ4n) is 1.75. The minimum Gasteiger partial charge on any atom is -1.00 e. The van der Waals surface area contributed by atoms with Crippen LogP contribution in [0.15, 0.2) is 48.6 Å². The second-order valence-corrected chi connectivity index (χ2v) is 4.28. The Hall–Kier alpha value is 0.453. The largest absolute Gasteiger partial charge is 3.00 e. The summed E-state index contributed by atoms with van der Waals surface area (Å²) in [6.45, 7) is 0. The van der Waals surface area contributed by atoms with Gasteiger partial charge in [-0.1, -0.05) is 48.6 Å². The van der Waals surface area contributed by atoms with Crippen molar-refractivity contribution in [2.45, 2.75) is 51.4 Å². The number of rotatable bonds is 0. The van der Waals surface area contributed by atoms with Crippen LogP contribution in [0.25, 0.3) is 0 Å². The molecule has 0 heterocycles. The molecule has 0 aromatic heterocycles.